The molecule has 17 heavy (non-hydrogen) atoms. The van der Waals surface area contributed by atoms with Crippen LogP contribution >= 0.6 is 0 Å². The summed E-state index contributed by atoms with van der Waals surface area (Å²) in [7, 11) is 1.52. The predicted octanol–water partition coefficient (Wildman–Crippen LogP) is 2.42. The van der Waals surface area contributed by atoms with E-state index in [1.54, 1.807) is 13.0 Å². The Hall–Kier alpha value is -2.10. The molecule has 0 bridgehead atoms. The van der Waals surface area contributed by atoms with Crippen molar-refractivity contribution < 1.29 is 14.3 Å². The Morgan fingerprint density at radius 3 is 2.82 bits per heavy atom. The number of rotatable bonds is 3. The van der Waals surface area contributed by atoms with Gasteiger partial charge in [-0.25, -0.2) is 9.78 Å². The minimum absolute atomic E-state index is 0.345. The van der Waals surface area contributed by atoms with Gasteiger partial charge < -0.3 is 9.47 Å². The van der Waals surface area contributed by atoms with Crippen molar-refractivity contribution in [1.29, 1.82) is 0 Å². The van der Waals surface area contributed by atoms with Crippen molar-refractivity contribution >= 4 is 16.9 Å². The number of hydrogen-bond donors (Lipinski definition) is 0. The third-order valence-corrected chi connectivity index (χ3v) is 2.40. The average Bonchev–Trinajstić information content (AvgIpc) is 2.37. The summed E-state index contributed by atoms with van der Waals surface area (Å²) in [5.74, 6) is 0.0520. The minimum atomic E-state index is -0.357. The quantitative estimate of drug-likeness (QED) is 0.761. The second-order valence-corrected chi connectivity index (χ2v) is 3.45. The van der Waals surface area contributed by atoms with E-state index in [9.17, 15) is 4.79 Å². The van der Waals surface area contributed by atoms with E-state index in [-0.39, 0.29) is 5.97 Å². The number of hydrogen-bond acceptors (Lipinski definition) is 4. The number of fused-ring (bicyclic) bond motifs is 1. The largest absolute Gasteiger partial charge is 0.481 e. The number of pyridine rings is 1. The Morgan fingerprint density at radius 2 is 2.12 bits per heavy atom. The summed E-state index contributed by atoms with van der Waals surface area (Å²) in [6.07, 6.45) is 0. The number of carbonyl (C=O) groups excluding carboxylic acids is 1. The Bertz CT molecular complexity index is 551. The van der Waals surface area contributed by atoms with Gasteiger partial charge in [0.2, 0.25) is 5.88 Å². The van der Waals surface area contributed by atoms with Crippen LogP contribution < -0.4 is 4.74 Å². The van der Waals surface area contributed by atoms with Crippen molar-refractivity contribution in [2.75, 3.05) is 13.7 Å². The van der Waals surface area contributed by atoms with E-state index in [2.05, 4.69) is 4.98 Å². The van der Waals surface area contributed by atoms with Crippen LogP contribution in [0.5, 0.6) is 5.88 Å². The summed E-state index contributed by atoms with van der Waals surface area (Å²) >= 11 is 0. The van der Waals surface area contributed by atoms with Gasteiger partial charge in [-0.2, -0.15) is 0 Å². The van der Waals surface area contributed by atoms with Crippen LogP contribution in [0.1, 0.15) is 17.3 Å². The number of benzene rings is 1. The molecule has 0 unspecified atom stereocenters. The molecule has 0 atom stereocenters. The van der Waals surface area contributed by atoms with E-state index in [0.717, 1.165) is 10.9 Å². The van der Waals surface area contributed by atoms with Crippen LogP contribution in [0.3, 0.4) is 0 Å². The van der Waals surface area contributed by atoms with Crippen LogP contribution in [0.2, 0.25) is 0 Å². The fraction of sp³-hybridized carbons (Fsp3) is 0.231. The standard InChI is InChI=1S/C13H13NO3/c1-3-17-13(15)10-8-12(16-2)14-11-7-5-4-6-9(10)11/h4-8H,3H2,1-2H3. The number of aromatic nitrogens is 1. The lowest BCUT2D eigenvalue weighted by Gasteiger charge is -2.07. The molecule has 0 radical (unpaired) electrons. The van der Waals surface area contributed by atoms with Crippen molar-refractivity contribution in [2.24, 2.45) is 0 Å². The molecule has 0 aliphatic rings. The molecule has 4 nitrogen and oxygen atoms in total. The summed E-state index contributed by atoms with van der Waals surface area (Å²) in [5.41, 5.74) is 1.20. The van der Waals surface area contributed by atoms with Gasteiger partial charge in [0.05, 0.1) is 24.8 Å². The average molecular weight is 231 g/mol. The molecule has 1 aromatic heterocycles. The predicted molar refractivity (Wildman–Crippen MR) is 64.3 cm³/mol. The zero-order valence-electron chi connectivity index (χ0n) is 9.77. The topological polar surface area (TPSA) is 48.4 Å². The Labute approximate surface area is 99.2 Å². The molecule has 0 amide bonds. The smallest absolute Gasteiger partial charge is 0.339 e. The summed E-state index contributed by atoms with van der Waals surface area (Å²) in [6.45, 7) is 2.12. The van der Waals surface area contributed by atoms with Crippen LogP contribution in [0, 0.1) is 0 Å². The molecular weight excluding hydrogens is 218 g/mol. The first kappa shape index (κ1) is 11.4. The summed E-state index contributed by atoms with van der Waals surface area (Å²) in [5, 5.41) is 0.770. The molecule has 1 aromatic carbocycles. The lowest BCUT2D eigenvalue weighted by Crippen LogP contribution is -2.06. The zero-order chi connectivity index (χ0) is 12.3. The van der Waals surface area contributed by atoms with Crippen molar-refractivity contribution in [3.63, 3.8) is 0 Å². The molecule has 0 saturated heterocycles. The number of carbonyl (C=O) groups is 1. The van der Waals surface area contributed by atoms with Gasteiger partial charge in [0.15, 0.2) is 0 Å². The Balaban J connectivity index is 2.62. The maximum Gasteiger partial charge on any atom is 0.339 e. The van der Waals surface area contributed by atoms with Crippen LogP contribution in [0.25, 0.3) is 10.9 Å². The lowest BCUT2D eigenvalue weighted by atomic mass is 10.1. The van der Waals surface area contributed by atoms with Crippen LogP contribution in [0.15, 0.2) is 30.3 Å². The molecule has 4 heteroatoms. The molecule has 0 spiro atoms. The maximum absolute atomic E-state index is 11.8. The fourth-order valence-corrected chi connectivity index (χ4v) is 1.63. The molecular formula is C13H13NO3. The highest BCUT2D eigenvalue weighted by Crippen LogP contribution is 2.22. The van der Waals surface area contributed by atoms with Gasteiger partial charge in [0, 0.05) is 11.5 Å². The number of ether oxygens (including phenoxy) is 2. The zero-order valence-corrected chi connectivity index (χ0v) is 9.77. The van der Waals surface area contributed by atoms with E-state index in [1.165, 1.54) is 7.11 Å². The normalized spacial score (nSPS) is 10.2. The third kappa shape index (κ3) is 2.20. The van der Waals surface area contributed by atoms with Gasteiger partial charge in [-0.05, 0) is 13.0 Å². The summed E-state index contributed by atoms with van der Waals surface area (Å²) in [4.78, 5) is 16.1. The molecule has 1 heterocycles. The van der Waals surface area contributed by atoms with Crippen LogP contribution in [0.4, 0.5) is 0 Å². The number of para-hydroxylation sites is 1. The highest BCUT2D eigenvalue weighted by Gasteiger charge is 2.13. The molecule has 0 aliphatic carbocycles. The fourth-order valence-electron chi connectivity index (χ4n) is 1.63. The highest BCUT2D eigenvalue weighted by atomic mass is 16.5. The first-order valence-corrected chi connectivity index (χ1v) is 5.37. The van der Waals surface area contributed by atoms with E-state index in [0.29, 0.717) is 18.1 Å². The van der Waals surface area contributed by atoms with Gasteiger partial charge >= 0.3 is 5.97 Å². The van der Waals surface area contributed by atoms with Crippen molar-refractivity contribution in [3.05, 3.63) is 35.9 Å². The first-order valence-electron chi connectivity index (χ1n) is 5.37. The Kier molecular flexibility index (Phi) is 3.23. The van der Waals surface area contributed by atoms with Crippen LogP contribution in [-0.2, 0) is 4.74 Å². The molecule has 0 saturated carbocycles. The Morgan fingerprint density at radius 1 is 1.35 bits per heavy atom. The maximum atomic E-state index is 11.8. The SMILES string of the molecule is CCOC(=O)c1cc(OC)nc2ccccc12. The molecule has 0 aliphatic heterocycles. The summed E-state index contributed by atoms with van der Waals surface area (Å²) in [6, 6.07) is 9.00. The molecule has 0 N–H and O–H groups in total. The van der Waals surface area contributed by atoms with Gasteiger partial charge in [0.25, 0.3) is 0 Å². The second kappa shape index (κ2) is 4.82. The molecule has 2 aromatic rings. The number of methoxy groups -OCH3 is 1. The first-order chi connectivity index (χ1) is 8.26. The molecule has 0 fully saturated rings. The van der Waals surface area contributed by atoms with E-state index in [1.807, 2.05) is 24.3 Å². The molecule has 2 rings (SSSR count). The molecule has 88 valence electrons. The van der Waals surface area contributed by atoms with Gasteiger partial charge in [-0.15, -0.1) is 0 Å². The second-order valence-electron chi connectivity index (χ2n) is 3.45. The van der Waals surface area contributed by atoms with E-state index >= 15 is 0 Å². The van der Waals surface area contributed by atoms with Gasteiger partial charge in [0.1, 0.15) is 0 Å². The monoisotopic (exact) mass is 231 g/mol. The van der Waals surface area contributed by atoms with E-state index < -0.39 is 0 Å². The summed E-state index contributed by atoms with van der Waals surface area (Å²) < 4.78 is 10.1. The van der Waals surface area contributed by atoms with Gasteiger partial charge in [-0.1, -0.05) is 18.2 Å². The van der Waals surface area contributed by atoms with Crippen LogP contribution in [-0.4, -0.2) is 24.7 Å². The van der Waals surface area contributed by atoms with Gasteiger partial charge in [-0.3, -0.25) is 0 Å². The van der Waals surface area contributed by atoms with Crippen molar-refractivity contribution in [3.8, 4) is 5.88 Å². The lowest BCUT2D eigenvalue weighted by molar-refractivity contribution is 0.0528. The van der Waals surface area contributed by atoms with E-state index in [4.69, 9.17) is 9.47 Å². The minimum Gasteiger partial charge on any atom is -0.481 e. The van der Waals surface area contributed by atoms with Crippen molar-refractivity contribution in [1.82, 2.24) is 4.98 Å². The highest BCUT2D eigenvalue weighted by molar-refractivity contribution is 6.03. The number of nitrogens with zero attached hydrogens (tertiary/aromatic N) is 1. The van der Waals surface area contributed by atoms with Crippen molar-refractivity contribution in [2.45, 2.75) is 6.92 Å². The third-order valence-electron chi connectivity index (χ3n) is 2.40. The number of esters is 1.